The van der Waals surface area contributed by atoms with Crippen molar-refractivity contribution in [2.75, 3.05) is 20.1 Å². The number of benzene rings is 1. The number of hydrogen-bond acceptors (Lipinski definition) is 2. The molecule has 0 unspecified atom stereocenters. The van der Waals surface area contributed by atoms with E-state index in [1.165, 1.54) is 12.1 Å². The van der Waals surface area contributed by atoms with Gasteiger partial charge in [0.25, 0.3) is 0 Å². The van der Waals surface area contributed by atoms with Crippen molar-refractivity contribution in [3.8, 4) is 0 Å². The molecule has 2 saturated carbocycles. The quantitative estimate of drug-likeness (QED) is 0.801. The Morgan fingerprint density at radius 3 is 2.10 bits per heavy atom. The predicted octanol–water partition coefficient (Wildman–Crippen LogP) is 4.03. The van der Waals surface area contributed by atoms with Crippen LogP contribution in [-0.2, 0) is 4.79 Å². The van der Waals surface area contributed by atoms with Crippen LogP contribution in [0.3, 0.4) is 0 Å². The number of rotatable bonds is 4. The van der Waals surface area contributed by atoms with E-state index in [-0.39, 0.29) is 35.9 Å². The van der Waals surface area contributed by atoms with Gasteiger partial charge in [0.1, 0.15) is 11.6 Å². The molecule has 1 aromatic rings. The van der Waals surface area contributed by atoms with Crippen LogP contribution in [0.1, 0.15) is 62.8 Å². The van der Waals surface area contributed by atoms with Crippen LogP contribution in [0.5, 0.6) is 0 Å². The molecule has 0 aromatic heterocycles. The van der Waals surface area contributed by atoms with Crippen LogP contribution < -0.4 is 5.32 Å². The van der Waals surface area contributed by atoms with Gasteiger partial charge in [-0.15, -0.1) is 0 Å². The first-order chi connectivity index (χ1) is 14.4. The minimum Gasteiger partial charge on any atom is -0.342 e. The van der Waals surface area contributed by atoms with E-state index >= 15 is 0 Å². The highest BCUT2D eigenvalue weighted by Gasteiger charge is 2.36. The molecule has 3 fully saturated rings. The highest BCUT2D eigenvalue weighted by molar-refractivity contribution is 5.81. The van der Waals surface area contributed by atoms with Gasteiger partial charge in [0.2, 0.25) is 5.91 Å². The molecule has 1 N–H and O–H groups in total. The average molecular weight is 420 g/mol. The van der Waals surface area contributed by atoms with Crippen LogP contribution in [0.2, 0.25) is 0 Å². The summed E-state index contributed by atoms with van der Waals surface area (Å²) in [6.45, 7) is 1.46. The minimum atomic E-state index is -0.535. The topological polar surface area (TPSA) is 52.7 Å². The summed E-state index contributed by atoms with van der Waals surface area (Å²) in [5, 5.41) is 3.13. The maximum Gasteiger partial charge on any atom is 0.317 e. The molecule has 164 valence electrons. The van der Waals surface area contributed by atoms with Crippen molar-refractivity contribution in [3.05, 3.63) is 35.4 Å². The highest BCUT2D eigenvalue weighted by atomic mass is 19.1. The molecule has 0 atom stereocenters. The molecule has 30 heavy (non-hydrogen) atoms. The van der Waals surface area contributed by atoms with E-state index in [1.807, 2.05) is 11.9 Å². The molecule has 3 aliphatic rings. The molecule has 5 nitrogen and oxygen atoms in total. The number of carbonyl (C=O) groups excluding carboxylic acids is 2. The van der Waals surface area contributed by atoms with E-state index in [2.05, 4.69) is 5.32 Å². The molecule has 1 aromatic carbocycles. The van der Waals surface area contributed by atoms with Gasteiger partial charge in [-0.3, -0.25) is 4.79 Å². The monoisotopic (exact) mass is 419 g/mol. The summed E-state index contributed by atoms with van der Waals surface area (Å²) in [4.78, 5) is 28.7. The Morgan fingerprint density at radius 1 is 0.933 bits per heavy atom. The third kappa shape index (κ3) is 4.93. The van der Waals surface area contributed by atoms with E-state index in [9.17, 15) is 18.4 Å². The van der Waals surface area contributed by atoms with Crippen LogP contribution >= 0.6 is 0 Å². The van der Waals surface area contributed by atoms with Crippen LogP contribution in [0.25, 0.3) is 0 Å². The zero-order valence-corrected chi connectivity index (χ0v) is 17.6. The van der Waals surface area contributed by atoms with Gasteiger partial charge in [0, 0.05) is 44.2 Å². The highest BCUT2D eigenvalue weighted by Crippen LogP contribution is 2.34. The standard InChI is InChI=1S/C23H31F2N3O2/c1-27(21-8-10-28(11-9-21)22(29)16-2-3-16)23(30)26-20-6-4-15(5-7-20)17-12-18(24)14-19(25)13-17/h12-16,20-21H,2-11H2,1H3,(H,26,30). The molecular weight excluding hydrogens is 388 g/mol. The number of hydrogen-bond donors (Lipinski definition) is 1. The summed E-state index contributed by atoms with van der Waals surface area (Å²) in [6.07, 6.45) is 6.90. The Balaban J connectivity index is 1.22. The Morgan fingerprint density at radius 2 is 1.53 bits per heavy atom. The first-order valence-corrected chi connectivity index (χ1v) is 11.2. The van der Waals surface area contributed by atoms with Gasteiger partial charge in [-0.2, -0.15) is 0 Å². The summed E-state index contributed by atoms with van der Waals surface area (Å²) < 4.78 is 27.0. The zero-order chi connectivity index (χ0) is 21.3. The second kappa shape index (κ2) is 8.90. The van der Waals surface area contributed by atoms with Gasteiger partial charge in [-0.1, -0.05) is 0 Å². The van der Waals surface area contributed by atoms with Gasteiger partial charge in [0.05, 0.1) is 0 Å². The van der Waals surface area contributed by atoms with Crippen LogP contribution in [0.15, 0.2) is 18.2 Å². The smallest absolute Gasteiger partial charge is 0.317 e. The Kier molecular flexibility index (Phi) is 6.25. The zero-order valence-electron chi connectivity index (χ0n) is 17.6. The molecule has 1 aliphatic heterocycles. The summed E-state index contributed by atoms with van der Waals surface area (Å²) in [5.74, 6) is -0.398. The number of nitrogens with one attached hydrogen (secondary N) is 1. The molecule has 3 amide bonds. The fourth-order valence-corrected chi connectivity index (χ4v) is 4.89. The lowest BCUT2D eigenvalue weighted by atomic mass is 9.81. The normalized spacial score (nSPS) is 25.1. The van der Waals surface area contributed by atoms with Crippen LogP contribution in [-0.4, -0.2) is 54.0 Å². The third-order valence-corrected chi connectivity index (χ3v) is 6.98. The molecule has 7 heteroatoms. The number of nitrogens with zero attached hydrogens (tertiary/aromatic N) is 2. The Hall–Kier alpha value is -2.18. The average Bonchev–Trinajstić information content (AvgIpc) is 3.58. The molecule has 0 spiro atoms. The third-order valence-electron chi connectivity index (χ3n) is 6.98. The number of piperidine rings is 1. The summed E-state index contributed by atoms with van der Waals surface area (Å²) in [6, 6.07) is 3.91. The van der Waals surface area contributed by atoms with E-state index in [1.54, 1.807) is 4.90 Å². The lowest BCUT2D eigenvalue weighted by Gasteiger charge is -2.38. The van der Waals surface area contributed by atoms with Crippen LogP contribution in [0, 0.1) is 17.6 Å². The number of carbonyl (C=O) groups is 2. The number of likely N-dealkylation sites (tertiary alicyclic amines) is 1. The second-order valence-electron chi connectivity index (χ2n) is 9.14. The van der Waals surface area contributed by atoms with Crippen molar-refractivity contribution in [3.63, 3.8) is 0 Å². The molecule has 4 rings (SSSR count). The van der Waals surface area contributed by atoms with Gasteiger partial charge in [0.15, 0.2) is 0 Å². The lowest BCUT2D eigenvalue weighted by Crippen LogP contribution is -2.52. The summed E-state index contributed by atoms with van der Waals surface area (Å²) in [7, 11) is 1.83. The van der Waals surface area contributed by atoms with E-state index in [0.717, 1.165) is 70.5 Å². The SMILES string of the molecule is CN(C(=O)NC1CCC(c2cc(F)cc(F)c2)CC1)C1CCN(C(=O)C2CC2)CC1. The fourth-order valence-electron chi connectivity index (χ4n) is 4.89. The summed E-state index contributed by atoms with van der Waals surface area (Å²) >= 11 is 0. The van der Waals surface area contributed by atoms with Crippen molar-refractivity contribution in [2.45, 2.75) is 69.4 Å². The van der Waals surface area contributed by atoms with Crippen molar-refractivity contribution in [1.82, 2.24) is 15.1 Å². The number of amides is 3. The lowest BCUT2D eigenvalue weighted by molar-refractivity contribution is -0.133. The van der Waals surface area contributed by atoms with Gasteiger partial charge >= 0.3 is 6.03 Å². The largest absolute Gasteiger partial charge is 0.342 e. The maximum absolute atomic E-state index is 13.5. The first kappa shape index (κ1) is 21.1. The summed E-state index contributed by atoms with van der Waals surface area (Å²) in [5.41, 5.74) is 0.710. The fraction of sp³-hybridized carbons (Fsp3) is 0.652. The molecular formula is C23H31F2N3O2. The van der Waals surface area contributed by atoms with Crippen molar-refractivity contribution < 1.29 is 18.4 Å². The van der Waals surface area contributed by atoms with Gasteiger partial charge in [-0.25, -0.2) is 13.6 Å². The molecule has 1 heterocycles. The Bertz CT molecular complexity index is 762. The van der Waals surface area contributed by atoms with Gasteiger partial charge < -0.3 is 15.1 Å². The Labute approximate surface area is 176 Å². The predicted molar refractivity (Wildman–Crippen MR) is 110 cm³/mol. The molecule has 0 radical (unpaired) electrons. The van der Waals surface area contributed by atoms with Crippen LogP contribution in [0.4, 0.5) is 13.6 Å². The maximum atomic E-state index is 13.5. The van der Waals surface area contributed by atoms with Crippen molar-refractivity contribution in [1.29, 1.82) is 0 Å². The minimum absolute atomic E-state index is 0.0674. The van der Waals surface area contributed by atoms with Crippen molar-refractivity contribution >= 4 is 11.9 Å². The van der Waals surface area contributed by atoms with Gasteiger partial charge in [-0.05, 0) is 75.0 Å². The molecule has 1 saturated heterocycles. The molecule has 0 bridgehead atoms. The first-order valence-electron chi connectivity index (χ1n) is 11.2. The van der Waals surface area contributed by atoms with Crippen molar-refractivity contribution in [2.24, 2.45) is 5.92 Å². The number of urea groups is 1. The second-order valence-corrected chi connectivity index (χ2v) is 9.14. The number of halogens is 2. The van der Waals surface area contributed by atoms with E-state index in [0.29, 0.717) is 5.56 Å². The van der Waals surface area contributed by atoms with E-state index < -0.39 is 11.6 Å². The molecule has 2 aliphatic carbocycles. The van der Waals surface area contributed by atoms with E-state index in [4.69, 9.17) is 0 Å².